The lowest BCUT2D eigenvalue weighted by molar-refractivity contribution is 0.188. The highest BCUT2D eigenvalue weighted by atomic mass is 16.3. The predicted molar refractivity (Wildman–Crippen MR) is 75.4 cm³/mol. The van der Waals surface area contributed by atoms with Crippen molar-refractivity contribution in [3.8, 4) is 5.75 Å². The van der Waals surface area contributed by atoms with Crippen LogP contribution in [0.5, 0.6) is 5.75 Å². The molecule has 0 amide bonds. The van der Waals surface area contributed by atoms with Crippen molar-refractivity contribution in [3.05, 3.63) is 23.3 Å². The second kappa shape index (κ2) is 3.43. The third kappa shape index (κ3) is 1.35. The molecular weight excluding hydrogens is 222 g/mol. The van der Waals surface area contributed by atoms with Crippen molar-refractivity contribution in [1.29, 1.82) is 0 Å². The fraction of sp³-hybridized carbons (Fsp3) is 0.625. The largest absolute Gasteiger partial charge is 0.508 e. The summed E-state index contributed by atoms with van der Waals surface area (Å²) in [5.74, 6) is 0.481. The zero-order chi connectivity index (χ0) is 13.1. The topological polar surface area (TPSA) is 23.5 Å². The number of nitrogens with zero attached hydrogens (tertiary/aromatic N) is 1. The van der Waals surface area contributed by atoms with Gasteiger partial charge in [-0.1, -0.05) is 33.8 Å². The number of phenolic OH excluding ortho intramolecular Hbond substituents is 1. The summed E-state index contributed by atoms with van der Waals surface area (Å²) in [7, 11) is 0. The van der Waals surface area contributed by atoms with Crippen LogP contribution in [-0.2, 0) is 11.8 Å². The van der Waals surface area contributed by atoms with E-state index in [1.54, 1.807) is 0 Å². The Labute approximate surface area is 110 Å². The molecule has 0 bridgehead atoms. The van der Waals surface area contributed by atoms with Gasteiger partial charge in [-0.3, -0.25) is 0 Å². The summed E-state index contributed by atoms with van der Waals surface area (Å²) >= 11 is 0. The number of phenols is 1. The first kappa shape index (κ1) is 11.9. The van der Waals surface area contributed by atoms with Gasteiger partial charge in [0.05, 0.1) is 0 Å². The van der Waals surface area contributed by atoms with Crippen LogP contribution in [-0.4, -0.2) is 18.2 Å². The van der Waals surface area contributed by atoms with E-state index in [1.165, 1.54) is 16.8 Å². The van der Waals surface area contributed by atoms with E-state index in [4.69, 9.17) is 0 Å². The van der Waals surface area contributed by atoms with Crippen molar-refractivity contribution in [2.75, 3.05) is 18.0 Å². The van der Waals surface area contributed by atoms with Crippen LogP contribution in [0.4, 0.5) is 5.69 Å². The van der Waals surface area contributed by atoms with Crippen LogP contribution in [0.3, 0.4) is 0 Å². The minimum absolute atomic E-state index is 0.151. The van der Waals surface area contributed by atoms with E-state index in [0.717, 1.165) is 25.9 Å². The summed E-state index contributed by atoms with van der Waals surface area (Å²) in [6.07, 6.45) is 2.17. The SMILES string of the molecule is CC1(C)CN2CCCc3c(O)ccc(c32)C1(C)C. The predicted octanol–water partition coefficient (Wildman–Crippen LogP) is 3.46. The number of rotatable bonds is 0. The third-order valence-electron chi connectivity index (χ3n) is 5.38. The lowest BCUT2D eigenvalue weighted by atomic mass is 9.60. The second-order valence-corrected chi connectivity index (χ2v) is 6.99. The molecular formula is C16H23NO. The number of hydrogen-bond donors (Lipinski definition) is 1. The summed E-state index contributed by atoms with van der Waals surface area (Å²) in [6.45, 7) is 11.6. The van der Waals surface area contributed by atoms with Crippen LogP contribution in [0.25, 0.3) is 0 Å². The highest BCUT2D eigenvalue weighted by molar-refractivity contribution is 5.69. The average Bonchev–Trinajstić information content (AvgIpc) is 2.28. The standard InChI is InChI=1S/C16H23NO/c1-15(2)10-17-9-5-6-11-13(18)8-7-12(14(11)17)16(15,3)4/h7-8,18H,5-6,9-10H2,1-4H3. The van der Waals surface area contributed by atoms with E-state index in [1.807, 2.05) is 6.07 Å². The molecule has 2 heterocycles. The Morgan fingerprint density at radius 2 is 1.89 bits per heavy atom. The monoisotopic (exact) mass is 245 g/mol. The van der Waals surface area contributed by atoms with Gasteiger partial charge < -0.3 is 10.0 Å². The Bertz CT molecular complexity index is 502. The van der Waals surface area contributed by atoms with Crippen molar-refractivity contribution in [3.63, 3.8) is 0 Å². The molecule has 0 radical (unpaired) electrons. The molecule has 2 nitrogen and oxygen atoms in total. The molecule has 0 spiro atoms. The zero-order valence-corrected chi connectivity index (χ0v) is 11.9. The highest BCUT2D eigenvalue weighted by Crippen LogP contribution is 2.53. The summed E-state index contributed by atoms with van der Waals surface area (Å²) in [4.78, 5) is 2.49. The first-order valence-electron chi connectivity index (χ1n) is 6.95. The molecule has 18 heavy (non-hydrogen) atoms. The first-order chi connectivity index (χ1) is 8.34. The van der Waals surface area contributed by atoms with Gasteiger partial charge in [0, 0.05) is 24.3 Å². The molecule has 0 saturated heterocycles. The second-order valence-electron chi connectivity index (χ2n) is 6.99. The van der Waals surface area contributed by atoms with Crippen molar-refractivity contribution < 1.29 is 5.11 Å². The zero-order valence-electron chi connectivity index (χ0n) is 11.9. The lowest BCUT2D eigenvalue weighted by Gasteiger charge is -2.53. The van der Waals surface area contributed by atoms with E-state index < -0.39 is 0 Å². The molecule has 0 aliphatic carbocycles. The molecule has 0 saturated carbocycles. The smallest absolute Gasteiger partial charge is 0.120 e. The fourth-order valence-electron chi connectivity index (χ4n) is 3.49. The van der Waals surface area contributed by atoms with E-state index in [-0.39, 0.29) is 10.8 Å². The van der Waals surface area contributed by atoms with Crippen molar-refractivity contribution in [2.45, 2.75) is 46.0 Å². The van der Waals surface area contributed by atoms with E-state index in [0.29, 0.717) is 5.75 Å². The first-order valence-corrected chi connectivity index (χ1v) is 6.95. The van der Waals surface area contributed by atoms with Gasteiger partial charge in [0.25, 0.3) is 0 Å². The molecule has 0 atom stereocenters. The maximum absolute atomic E-state index is 10.1. The molecule has 0 fully saturated rings. The van der Waals surface area contributed by atoms with Gasteiger partial charge >= 0.3 is 0 Å². The van der Waals surface area contributed by atoms with Gasteiger partial charge in [0.1, 0.15) is 5.75 Å². The van der Waals surface area contributed by atoms with Crippen molar-refractivity contribution in [2.24, 2.45) is 5.41 Å². The maximum Gasteiger partial charge on any atom is 0.120 e. The Morgan fingerprint density at radius 1 is 1.17 bits per heavy atom. The summed E-state index contributed by atoms with van der Waals surface area (Å²) in [6, 6.07) is 4.02. The van der Waals surface area contributed by atoms with Gasteiger partial charge in [-0.2, -0.15) is 0 Å². The summed E-state index contributed by atoms with van der Waals surface area (Å²) in [5.41, 5.74) is 4.31. The van der Waals surface area contributed by atoms with Crippen LogP contribution in [0.1, 0.15) is 45.2 Å². The van der Waals surface area contributed by atoms with Gasteiger partial charge in [0.15, 0.2) is 0 Å². The lowest BCUT2D eigenvalue weighted by Crippen LogP contribution is -2.52. The molecule has 2 aliphatic heterocycles. The van der Waals surface area contributed by atoms with Crippen LogP contribution in [0.2, 0.25) is 0 Å². The van der Waals surface area contributed by atoms with Gasteiger partial charge in [-0.05, 0) is 35.3 Å². The molecule has 1 N–H and O–H groups in total. The van der Waals surface area contributed by atoms with E-state index in [2.05, 4.69) is 38.7 Å². The van der Waals surface area contributed by atoms with Gasteiger partial charge in [0.2, 0.25) is 0 Å². The summed E-state index contributed by atoms with van der Waals surface area (Å²) in [5, 5.41) is 10.1. The van der Waals surface area contributed by atoms with Gasteiger partial charge in [-0.15, -0.1) is 0 Å². The molecule has 98 valence electrons. The number of aromatic hydroxyl groups is 1. The number of hydrogen-bond acceptors (Lipinski definition) is 2. The molecule has 2 heteroatoms. The molecule has 3 rings (SSSR count). The molecule has 0 aromatic heterocycles. The Kier molecular flexibility index (Phi) is 2.27. The average molecular weight is 245 g/mol. The Morgan fingerprint density at radius 3 is 2.61 bits per heavy atom. The number of benzene rings is 1. The van der Waals surface area contributed by atoms with Crippen LogP contribution >= 0.6 is 0 Å². The van der Waals surface area contributed by atoms with Crippen LogP contribution in [0, 0.1) is 5.41 Å². The fourth-order valence-corrected chi connectivity index (χ4v) is 3.49. The molecule has 2 aliphatic rings. The van der Waals surface area contributed by atoms with Crippen LogP contribution in [0.15, 0.2) is 12.1 Å². The molecule has 1 aromatic carbocycles. The molecule has 1 aromatic rings. The quantitative estimate of drug-likeness (QED) is 0.756. The van der Waals surface area contributed by atoms with Crippen molar-refractivity contribution in [1.82, 2.24) is 0 Å². The van der Waals surface area contributed by atoms with E-state index >= 15 is 0 Å². The van der Waals surface area contributed by atoms with E-state index in [9.17, 15) is 5.11 Å². The van der Waals surface area contributed by atoms with Crippen molar-refractivity contribution >= 4 is 5.69 Å². The minimum atomic E-state index is 0.151. The maximum atomic E-state index is 10.1. The highest BCUT2D eigenvalue weighted by Gasteiger charge is 2.46. The minimum Gasteiger partial charge on any atom is -0.508 e. The Hall–Kier alpha value is -1.18. The normalized spacial score (nSPS) is 23.7. The van der Waals surface area contributed by atoms with Crippen LogP contribution < -0.4 is 4.90 Å². The number of anilines is 1. The van der Waals surface area contributed by atoms with Gasteiger partial charge in [-0.25, -0.2) is 0 Å². The third-order valence-corrected chi connectivity index (χ3v) is 5.38. The summed E-state index contributed by atoms with van der Waals surface area (Å²) < 4.78 is 0. The molecule has 0 unspecified atom stereocenters. The Balaban J connectivity index is 2.29.